The van der Waals surface area contributed by atoms with Crippen molar-refractivity contribution in [3.8, 4) is 11.5 Å². The van der Waals surface area contributed by atoms with Gasteiger partial charge >= 0.3 is 0 Å². The minimum absolute atomic E-state index is 0.182. The summed E-state index contributed by atoms with van der Waals surface area (Å²) < 4.78 is 10.6. The Hall–Kier alpha value is -1.95. The molecule has 1 aromatic rings. The number of nitrogens with zero attached hydrogens (tertiary/aromatic N) is 2. The van der Waals surface area contributed by atoms with Crippen LogP contribution in [0.1, 0.15) is 25.3 Å². The molecule has 0 bridgehead atoms. The number of rotatable bonds is 3. The van der Waals surface area contributed by atoms with Crippen molar-refractivity contribution in [1.82, 2.24) is 4.90 Å². The molecule has 2 aliphatic heterocycles. The number of benzene rings is 1. The highest BCUT2D eigenvalue weighted by molar-refractivity contribution is 8.18. The molecule has 128 valence electrons. The van der Waals surface area contributed by atoms with Crippen LogP contribution >= 0.6 is 11.8 Å². The molecule has 0 spiro atoms. The van der Waals surface area contributed by atoms with Gasteiger partial charge in [0, 0.05) is 18.7 Å². The second-order valence-corrected chi connectivity index (χ2v) is 7.12. The number of carbonyl (C=O) groups excluding carboxylic acids is 1. The number of thioether (sulfide) groups is 1. The molecule has 0 N–H and O–H groups in total. The highest BCUT2D eigenvalue weighted by atomic mass is 32.2. The Morgan fingerprint density at radius 2 is 2.17 bits per heavy atom. The number of likely N-dealkylation sites (tertiary alicyclic amines) is 1. The number of amides is 1. The standard InChI is InChI=1S/C18H22N2O3S/c1-12-5-4-8-20(11-12)18-19-17(21)16(24-18)10-13-9-14(22-2)6-7-15(13)23-3/h6-7,9-10,12H,4-5,8,11H2,1-3H3/b16-10-/t12-/m0/s1. The van der Waals surface area contributed by atoms with Crippen molar-refractivity contribution in [3.05, 3.63) is 28.7 Å². The first-order chi connectivity index (χ1) is 11.6. The van der Waals surface area contributed by atoms with Crippen LogP contribution in [0, 0.1) is 5.92 Å². The SMILES string of the molecule is COc1ccc(OC)c(/C=C2\SC(N3CCC[C@H](C)C3)=NC2=O)c1. The molecular formula is C18H22N2O3S. The third-order valence-electron chi connectivity index (χ3n) is 4.26. The van der Waals surface area contributed by atoms with Crippen molar-refractivity contribution < 1.29 is 14.3 Å². The molecule has 6 heteroatoms. The molecule has 5 nitrogen and oxygen atoms in total. The largest absolute Gasteiger partial charge is 0.497 e. The summed E-state index contributed by atoms with van der Waals surface area (Å²) in [5, 5.41) is 0.819. The van der Waals surface area contributed by atoms with Crippen LogP contribution in [0.2, 0.25) is 0 Å². The van der Waals surface area contributed by atoms with Gasteiger partial charge in [0.15, 0.2) is 5.17 Å². The van der Waals surface area contributed by atoms with Crippen LogP contribution in [-0.2, 0) is 4.79 Å². The van der Waals surface area contributed by atoms with E-state index in [1.54, 1.807) is 14.2 Å². The summed E-state index contributed by atoms with van der Waals surface area (Å²) in [6.45, 7) is 4.18. The first-order valence-electron chi connectivity index (χ1n) is 8.10. The Balaban J connectivity index is 1.82. The number of methoxy groups -OCH3 is 2. The third-order valence-corrected chi connectivity index (χ3v) is 5.30. The van der Waals surface area contributed by atoms with Gasteiger partial charge in [-0.05, 0) is 54.8 Å². The lowest BCUT2D eigenvalue weighted by Gasteiger charge is -2.31. The molecule has 3 rings (SSSR count). The molecule has 1 fully saturated rings. The predicted molar refractivity (Wildman–Crippen MR) is 97.5 cm³/mol. The molecule has 0 aromatic heterocycles. The Kier molecular flexibility index (Phi) is 5.14. The molecule has 24 heavy (non-hydrogen) atoms. The van der Waals surface area contributed by atoms with E-state index in [4.69, 9.17) is 9.47 Å². The normalized spacial score (nSPS) is 22.7. The van der Waals surface area contributed by atoms with Crippen LogP contribution in [0.25, 0.3) is 6.08 Å². The van der Waals surface area contributed by atoms with E-state index >= 15 is 0 Å². The topological polar surface area (TPSA) is 51.1 Å². The fourth-order valence-corrected chi connectivity index (χ4v) is 3.93. The van der Waals surface area contributed by atoms with Gasteiger partial charge in [-0.15, -0.1) is 0 Å². The monoisotopic (exact) mass is 346 g/mol. The maximum Gasteiger partial charge on any atom is 0.286 e. The lowest BCUT2D eigenvalue weighted by atomic mass is 10.0. The Morgan fingerprint density at radius 1 is 1.33 bits per heavy atom. The zero-order valence-corrected chi connectivity index (χ0v) is 15.1. The zero-order valence-electron chi connectivity index (χ0n) is 14.2. The number of carbonyl (C=O) groups is 1. The summed E-state index contributed by atoms with van der Waals surface area (Å²) >= 11 is 1.45. The van der Waals surface area contributed by atoms with E-state index < -0.39 is 0 Å². The van der Waals surface area contributed by atoms with Gasteiger partial charge in [0.25, 0.3) is 5.91 Å². The smallest absolute Gasteiger partial charge is 0.286 e. The third kappa shape index (κ3) is 3.59. The molecule has 2 heterocycles. The van der Waals surface area contributed by atoms with Gasteiger partial charge in [-0.2, -0.15) is 4.99 Å². The van der Waals surface area contributed by atoms with Crippen molar-refractivity contribution in [3.63, 3.8) is 0 Å². The van der Waals surface area contributed by atoms with Crippen molar-refractivity contribution in [2.45, 2.75) is 19.8 Å². The van der Waals surface area contributed by atoms with E-state index in [1.807, 2.05) is 24.3 Å². The quantitative estimate of drug-likeness (QED) is 0.785. The molecule has 2 aliphatic rings. The molecule has 1 aromatic carbocycles. The average molecular weight is 346 g/mol. The number of hydrogen-bond acceptors (Lipinski definition) is 5. The maximum atomic E-state index is 12.3. The number of amidine groups is 1. The molecular weight excluding hydrogens is 324 g/mol. The van der Waals surface area contributed by atoms with Crippen LogP contribution in [-0.4, -0.2) is 43.3 Å². The summed E-state index contributed by atoms with van der Waals surface area (Å²) in [7, 11) is 3.23. The van der Waals surface area contributed by atoms with Crippen molar-refractivity contribution in [2.75, 3.05) is 27.3 Å². The van der Waals surface area contributed by atoms with Crippen LogP contribution < -0.4 is 9.47 Å². The van der Waals surface area contributed by atoms with E-state index in [0.29, 0.717) is 16.6 Å². The summed E-state index contributed by atoms with van der Waals surface area (Å²) in [6.07, 6.45) is 4.22. The van der Waals surface area contributed by atoms with Gasteiger partial charge in [0.05, 0.1) is 19.1 Å². The van der Waals surface area contributed by atoms with Gasteiger partial charge in [0.1, 0.15) is 11.5 Å². The predicted octanol–water partition coefficient (Wildman–Crippen LogP) is 3.41. The van der Waals surface area contributed by atoms with Crippen LogP contribution in [0.5, 0.6) is 11.5 Å². The van der Waals surface area contributed by atoms with Crippen molar-refractivity contribution in [1.29, 1.82) is 0 Å². The van der Waals surface area contributed by atoms with Crippen molar-refractivity contribution >= 4 is 28.9 Å². The number of hydrogen-bond donors (Lipinski definition) is 0. The Bertz CT molecular complexity index is 700. The molecule has 0 radical (unpaired) electrons. The van der Waals surface area contributed by atoms with E-state index in [2.05, 4.69) is 16.8 Å². The minimum atomic E-state index is -0.182. The first kappa shape index (κ1) is 16.9. The number of piperidine rings is 1. The van der Waals surface area contributed by atoms with Gasteiger partial charge in [-0.25, -0.2) is 0 Å². The highest BCUT2D eigenvalue weighted by Crippen LogP contribution is 2.34. The summed E-state index contributed by atoms with van der Waals surface area (Å²) in [5.74, 6) is 1.89. The molecule has 1 amide bonds. The maximum absolute atomic E-state index is 12.3. The second-order valence-electron chi connectivity index (χ2n) is 6.11. The first-order valence-corrected chi connectivity index (χ1v) is 8.92. The molecule has 1 atom stereocenters. The van der Waals surface area contributed by atoms with Gasteiger partial charge in [0.2, 0.25) is 0 Å². The summed E-state index contributed by atoms with van der Waals surface area (Å²) in [4.78, 5) is 19.4. The summed E-state index contributed by atoms with van der Waals surface area (Å²) in [5.41, 5.74) is 0.816. The second kappa shape index (κ2) is 7.30. The van der Waals surface area contributed by atoms with Crippen molar-refractivity contribution in [2.24, 2.45) is 10.9 Å². The average Bonchev–Trinajstić information content (AvgIpc) is 2.95. The summed E-state index contributed by atoms with van der Waals surface area (Å²) in [6, 6.07) is 5.53. The molecule has 0 saturated carbocycles. The van der Waals surface area contributed by atoms with Gasteiger partial charge in [-0.1, -0.05) is 6.92 Å². The fraction of sp³-hybridized carbons (Fsp3) is 0.444. The zero-order chi connectivity index (χ0) is 17.1. The van der Waals surface area contributed by atoms with Crippen LogP contribution in [0.15, 0.2) is 28.1 Å². The highest BCUT2D eigenvalue weighted by Gasteiger charge is 2.28. The van der Waals surface area contributed by atoms with Gasteiger partial charge < -0.3 is 14.4 Å². The molecule has 0 aliphatic carbocycles. The Labute approximate surface area is 146 Å². The fourth-order valence-electron chi connectivity index (χ4n) is 2.99. The number of ether oxygens (including phenoxy) is 2. The molecule has 0 unspecified atom stereocenters. The van der Waals surface area contributed by atoms with E-state index in [9.17, 15) is 4.79 Å². The lowest BCUT2D eigenvalue weighted by molar-refractivity contribution is -0.113. The van der Waals surface area contributed by atoms with Crippen LogP contribution in [0.4, 0.5) is 0 Å². The molecule has 1 saturated heterocycles. The number of aliphatic imine (C=N–C) groups is 1. The minimum Gasteiger partial charge on any atom is -0.497 e. The van der Waals surface area contributed by atoms with E-state index in [-0.39, 0.29) is 5.91 Å². The van der Waals surface area contributed by atoms with Crippen LogP contribution in [0.3, 0.4) is 0 Å². The van der Waals surface area contributed by atoms with E-state index in [1.165, 1.54) is 18.2 Å². The van der Waals surface area contributed by atoms with E-state index in [0.717, 1.165) is 36.0 Å². The van der Waals surface area contributed by atoms with Gasteiger partial charge in [-0.3, -0.25) is 4.79 Å². The lowest BCUT2D eigenvalue weighted by Crippen LogP contribution is -2.37. The Morgan fingerprint density at radius 3 is 2.88 bits per heavy atom.